The molecule has 1 fully saturated rings. The van der Waals surface area contributed by atoms with Gasteiger partial charge in [-0.25, -0.2) is 4.79 Å². The first-order chi connectivity index (χ1) is 10.7. The number of alkyl carbamates (subject to hydrolysis) is 1. The summed E-state index contributed by atoms with van der Waals surface area (Å²) in [6.07, 6.45) is -0.377. The Labute approximate surface area is 129 Å². The van der Waals surface area contributed by atoms with Gasteiger partial charge in [0.1, 0.15) is 12.4 Å². The van der Waals surface area contributed by atoms with E-state index in [1.54, 1.807) is 7.11 Å². The Bertz CT molecular complexity index is 758. The molecule has 0 aromatic heterocycles. The number of amides is 1. The van der Waals surface area contributed by atoms with Crippen LogP contribution in [0.25, 0.3) is 0 Å². The molecule has 0 radical (unpaired) electrons. The van der Waals surface area contributed by atoms with Gasteiger partial charge in [0.2, 0.25) is 0 Å². The van der Waals surface area contributed by atoms with Crippen molar-refractivity contribution < 1.29 is 14.3 Å². The Morgan fingerprint density at radius 2 is 1.86 bits per heavy atom. The molecule has 0 aliphatic carbocycles. The molecule has 2 aromatic rings. The van der Waals surface area contributed by atoms with Crippen molar-refractivity contribution in [2.24, 2.45) is 0 Å². The smallest absolute Gasteiger partial charge is 0.407 e. The number of cyclic esters (lactones) is 1. The molecule has 4 nitrogen and oxygen atoms in total. The summed E-state index contributed by atoms with van der Waals surface area (Å²) in [5, 5.41) is 2.76. The summed E-state index contributed by atoms with van der Waals surface area (Å²) >= 11 is 0. The molecule has 3 rings (SSSR count). The molecule has 0 unspecified atom stereocenters. The van der Waals surface area contributed by atoms with Crippen molar-refractivity contribution >= 4 is 6.09 Å². The quantitative estimate of drug-likeness (QED) is 0.866. The Morgan fingerprint density at radius 1 is 1.14 bits per heavy atom. The second kappa shape index (κ2) is 6.23. The first-order valence-corrected chi connectivity index (χ1v) is 6.94. The van der Waals surface area contributed by atoms with Crippen molar-refractivity contribution in [2.45, 2.75) is 6.04 Å². The van der Waals surface area contributed by atoms with Crippen LogP contribution in [0.2, 0.25) is 0 Å². The van der Waals surface area contributed by atoms with Gasteiger partial charge in [-0.05, 0) is 35.9 Å². The highest BCUT2D eigenvalue weighted by atomic mass is 16.6. The molecule has 1 saturated heterocycles. The number of methoxy groups -OCH3 is 1. The molecular weight excluding hydrogens is 278 g/mol. The van der Waals surface area contributed by atoms with E-state index in [1.807, 2.05) is 48.5 Å². The predicted octanol–water partition coefficient (Wildman–Crippen LogP) is 2.88. The highest BCUT2D eigenvalue weighted by Crippen LogP contribution is 2.19. The van der Waals surface area contributed by atoms with Gasteiger partial charge in [0.25, 0.3) is 0 Å². The van der Waals surface area contributed by atoms with Gasteiger partial charge in [0.05, 0.1) is 13.2 Å². The van der Waals surface area contributed by atoms with Crippen LogP contribution < -0.4 is 10.1 Å². The van der Waals surface area contributed by atoms with Gasteiger partial charge in [-0.15, -0.1) is 0 Å². The fraction of sp³-hybridized carbons (Fsp3) is 0.167. The summed E-state index contributed by atoms with van der Waals surface area (Å²) in [7, 11) is 1.63. The van der Waals surface area contributed by atoms with Gasteiger partial charge in [-0.1, -0.05) is 30.0 Å². The van der Waals surface area contributed by atoms with Crippen LogP contribution in [-0.4, -0.2) is 19.8 Å². The molecule has 0 bridgehead atoms. The summed E-state index contributed by atoms with van der Waals surface area (Å²) in [4.78, 5) is 11.1. The topological polar surface area (TPSA) is 47.6 Å². The van der Waals surface area contributed by atoms with E-state index in [4.69, 9.17) is 9.47 Å². The number of nitrogens with one attached hydrogen (secondary N) is 1. The second-order valence-electron chi connectivity index (χ2n) is 4.90. The van der Waals surface area contributed by atoms with Crippen LogP contribution >= 0.6 is 0 Å². The van der Waals surface area contributed by atoms with Gasteiger partial charge in [0.15, 0.2) is 0 Å². The minimum Gasteiger partial charge on any atom is -0.497 e. The molecule has 0 spiro atoms. The highest BCUT2D eigenvalue weighted by Gasteiger charge is 2.23. The number of carbonyl (C=O) groups is 1. The van der Waals surface area contributed by atoms with Gasteiger partial charge < -0.3 is 14.8 Å². The number of benzene rings is 2. The molecule has 0 saturated carbocycles. The number of rotatable bonds is 2. The van der Waals surface area contributed by atoms with Gasteiger partial charge in [0, 0.05) is 11.1 Å². The van der Waals surface area contributed by atoms with Crippen LogP contribution in [0.1, 0.15) is 22.7 Å². The number of carbonyl (C=O) groups excluding carboxylic acids is 1. The van der Waals surface area contributed by atoms with E-state index in [0.29, 0.717) is 6.61 Å². The highest BCUT2D eigenvalue weighted by molar-refractivity contribution is 5.70. The first kappa shape index (κ1) is 14.0. The van der Waals surface area contributed by atoms with Crippen molar-refractivity contribution in [2.75, 3.05) is 13.7 Å². The summed E-state index contributed by atoms with van der Waals surface area (Å²) in [6.45, 7) is 0.353. The Hall–Kier alpha value is -2.93. The van der Waals surface area contributed by atoms with E-state index in [1.165, 1.54) is 0 Å². The van der Waals surface area contributed by atoms with Crippen LogP contribution in [0, 0.1) is 11.8 Å². The molecule has 1 heterocycles. The fourth-order valence-electron chi connectivity index (χ4n) is 2.24. The van der Waals surface area contributed by atoms with Gasteiger partial charge >= 0.3 is 6.09 Å². The minimum absolute atomic E-state index is 0.105. The lowest BCUT2D eigenvalue weighted by molar-refractivity contribution is 0.177. The van der Waals surface area contributed by atoms with Crippen molar-refractivity contribution in [3.05, 3.63) is 65.2 Å². The zero-order valence-electron chi connectivity index (χ0n) is 12.1. The molecule has 110 valence electrons. The third-order valence-corrected chi connectivity index (χ3v) is 3.38. The molecule has 4 heteroatoms. The molecule has 1 atom stereocenters. The lowest BCUT2D eigenvalue weighted by Crippen LogP contribution is -2.18. The third-order valence-electron chi connectivity index (χ3n) is 3.38. The van der Waals surface area contributed by atoms with Crippen LogP contribution in [0.3, 0.4) is 0 Å². The summed E-state index contributed by atoms with van der Waals surface area (Å²) in [5.41, 5.74) is 2.77. The molecule has 1 aliphatic heterocycles. The normalized spacial score (nSPS) is 16.2. The maximum Gasteiger partial charge on any atom is 0.407 e. The van der Waals surface area contributed by atoms with Crippen molar-refractivity contribution in [1.29, 1.82) is 0 Å². The van der Waals surface area contributed by atoms with Crippen molar-refractivity contribution in [3.63, 3.8) is 0 Å². The van der Waals surface area contributed by atoms with Gasteiger partial charge in [-0.3, -0.25) is 0 Å². The van der Waals surface area contributed by atoms with Crippen molar-refractivity contribution in [3.8, 4) is 17.6 Å². The third kappa shape index (κ3) is 3.21. The lowest BCUT2D eigenvalue weighted by atomic mass is 10.0. The summed E-state index contributed by atoms with van der Waals surface area (Å²) < 4.78 is 10.1. The maximum absolute atomic E-state index is 11.1. The molecule has 1 N–H and O–H groups in total. The molecule has 1 amide bonds. The first-order valence-electron chi connectivity index (χ1n) is 6.94. The van der Waals surface area contributed by atoms with E-state index in [9.17, 15) is 4.79 Å². The largest absolute Gasteiger partial charge is 0.497 e. The second-order valence-corrected chi connectivity index (χ2v) is 4.90. The monoisotopic (exact) mass is 293 g/mol. The van der Waals surface area contributed by atoms with E-state index in [2.05, 4.69) is 17.2 Å². The van der Waals surface area contributed by atoms with E-state index < -0.39 is 0 Å². The number of ether oxygens (including phenoxy) is 2. The van der Waals surface area contributed by atoms with Gasteiger partial charge in [-0.2, -0.15) is 0 Å². The maximum atomic E-state index is 11.1. The Kier molecular flexibility index (Phi) is 3.97. The molecular formula is C18H15NO3. The SMILES string of the molecule is COc1cccc(C#Cc2cccc([C@@H]3COC(=O)N3)c2)c1. The minimum atomic E-state index is -0.377. The van der Waals surface area contributed by atoms with E-state index >= 15 is 0 Å². The van der Waals surface area contributed by atoms with Crippen molar-refractivity contribution in [1.82, 2.24) is 5.32 Å². The Balaban J connectivity index is 1.81. The molecule has 22 heavy (non-hydrogen) atoms. The standard InChI is InChI=1S/C18H15NO3/c1-21-16-7-3-5-14(11-16)9-8-13-4-2-6-15(10-13)17-12-22-18(20)19-17/h2-7,10-11,17H,12H2,1H3,(H,19,20)/t17-/m0/s1. The van der Waals surface area contributed by atoms with Crippen LogP contribution in [0.15, 0.2) is 48.5 Å². The fourth-order valence-corrected chi connectivity index (χ4v) is 2.24. The zero-order valence-corrected chi connectivity index (χ0v) is 12.1. The van der Waals surface area contributed by atoms with E-state index in [-0.39, 0.29) is 12.1 Å². The summed E-state index contributed by atoms with van der Waals surface area (Å²) in [5.74, 6) is 7.03. The average molecular weight is 293 g/mol. The lowest BCUT2D eigenvalue weighted by Gasteiger charge is -2.07. The van der Waals surface area contributed by atoms with Crippen LogP contribution in [0.5, 0.6) is 5.75 Å². The molecule has 2 aromatic carbocycles. The molecule has 1 aliphatic rings. The average Bonchev–Trinajstić information content (AvgIpc) is 3.00. The Morgan fingerprint density at radius 3 is 2.55 bits per heavy atom. The van der Waals surface area contributed by atoms with E-state index in [0.717, 1.165) is 22.4 Å². The van der Waals surface area contributed by atoms with Crippen LogP contribution in [0.4, 0.5) is 4.79 Å². The zero-order chi connectivity index (χ0) is 15.4. The predicted molar refractivity (Wildman–Crippen MR) is 82.6 cm³/mol. The number of hydrogen-bond donors (Lipinski definition) is 1. The summed E-state index contributed by atoms with van der Waals surface area (Å²) in [6, 6.07) is 15.3. The van der Waals surface area contributed by atoms with Crippen LogP contribution in [-0.2, 0) is 4.74 Å². The number of hydrogen-bond acceptors (Lipinski definition) is 3.